The Kier molecular flexibility index (Phi) is 4.94. The molecule has 3 N–H and O–H groups in total. The zero-order chi connectivity index (χ0) is 21.5. The molecule has 1 amide bonds. The third-order valence-corrected chi connectivity index (χ3v) is 6.00. The Morgan fingerprint density at radius 2 is 2.26 bits per heavy atom. The third-order valence-electron chi connectivity index (χ3n) is 5.21. The number of rotatable bonds is 4. The highest BCUT2D eigenvalue weighted by Crippen LogP contribution is 2.36. The van der Waals surface area contributed by atoms with E-state index in [9.17, 15) is 4.79 Å². The molecule has 4 aromatic rings. The lowest BCUT2D eigenvalue weighted by molar-refractivity contribution is 0.00327. The average Bonchev–Trinajstić information content (AvgIpc) is 3.37. The maximum absolute atomic E-state index is 13.2. The minimum atomic E-state index is -0.120. The summed E-state index contributed by atoms with van der Waals surface area (Å²) in [5.41, 5.74) is 2.18. The van der Waals surface area contributed by atoms with Crippen LogP contribution in [-0.2, 0) is 4.74 Å². The van der Waals surface area contributed by atoms with E-state index in [1.807, 2.05) is 13.0 Å². The van der Waals surface area contributed by atoms with Crippen molar-refractivity contribution in [2.24, 2.45) is 0 Å². The number of carbonyl (C=O) groups is 1. The van der Waals surface area contributed by atoms with Gasteiger partial charge in [-0.15, -0.1) is 0 Å². The van der Waals surface area contributed by atoms with Crippen molar-refractivity contribution in [1.82, 2.24) is 35.0 Å². The van der Waals surface area contributed by atoms with Gasteiger partial charge < -0.3 is 24.7 Å². The number of ether oxygens (including phenoxy) is 2. The number of hydrogen-bond acceptors (Lipinski definition) is 8. The number of H-pyrrole nitrogens is 2. The van der Waals surface area contributed by atoms with Crippen molar-refractivity contribution in [3.63, 3.8) is 0 Å². The Morgan fingerprint density at radius 1 is 1.39 bits per heavy atom. The largest absolute Gasteiger partial charge is 0.479 e. The number of pyridine rings is 1. The van der Waals surface area contributed by atoms with Gasteiger partial charge in [0.1, 0.15) is 29.2 Å². The molecule has 1 aliphatic heterocycles. The number of anilines is 2. The predicted molar refractivity (Wildman–Crippen MR) is 117 cm³/mol. The molecule has 5 rings (SSSR count). The van der Waals surface area contributed by atoms with Crippen LogP contribution >= 0.6 is 15.9 Å². The molecule has 31 heavy (non-hydrogen) atoms. The maximum atomic E-state index is 13.2. The van der Waals surface area contributed by atoms with Gasteiger partial charge in [-0.2, -0.15) is 10.1 Å². The number of fused-ring (bicyclic) bond motifs is 2. The topological polar surface area (TPSA) is 134 Å². The fraction of sp³-hybridized carbons (Fsp3) is 0.316. The van der Waals surface area contributed by atoms with E-state index in [1.165, 1.54) is 13.4 Å². The first-order chi connectivity index (χ1) is 15.1. The Hall–Kier alpha value is -3.25. The maximum Gasteiger partial charge on any atom is 0.271 e. The van der Waals surface area contributed by atoms with E-state index in [4.69, 9.17) is 9.47 Å². The first kappa shape index (κ1) is 19.7. The second-order valence-corrected chi connectivity index (χ2v) is 7.95. The number of carbonyl (C=O) groups excluding carboxylic acids is 1. The summed E-state index contributed by atoms with van der Waals surface area (Å²) in [5.74, 6) is 0.768. The molecular weight excluding hydrogens is 468 g/mol. The molecule has 1 atom stereocenters. The molecule has 160 valence electrons. The van der Waals surface area contributed by atoms with Crippen LogP contribution in [-0.4, -0.2) is 73.9 Å². The average molecular weight is 487 g/mol. The van der Waals surface area contributed by atoms with E-state index >= 15 is 0 Å². The minimum absolute atomic E-state index is 0.0136. The molecule has 0 saturated carbocycles. The molecule has 1 aliphatic rings. The second kappa shape index (κ2) is 7.78. The van der Waals surface area contributed by atoms with Gasteiger partial charge in [-0.3, -0.25) is 9.89 Å². The van der Waals surface area contributed by atoms with Gasteiger partial charge in [-0.05, 0) is 28.9 Å². The molecule has 0 bridgehead atoms. The highest BCUT2D eigenvalue weighted by molar-refractivity contribution is 9.10. The molecule has 5 heterocycles. The van der Waals surface area contributed by atoms with Gasteiger partial charge in [0.25, 0.3) is 5.91 Å². The summed E-state index contributed by atoms with van der Waals surface area (Å²) in [6, 6.07) is 1.85. The predicted octanol–water partition coefficient (Wildman–Crippen LogP) is 2.60. The highest BCUT2D eigenvalue weighted by atomic mass is 79.9. The van der Waals surface area contributed by atoms with Crippen LogP contribution in [0.15, 0.2) is 23.1 Å². The molecule has 0 unspecified atom stereocenters. The van der Waals surface area contributed by atoms with Gasteiger partial charge in [-0.1, -0.05) is 0 Å². The number of aromatic amines is 2. The summed E-state index contributed by atoms with van der Waals surface area (Å²) in [6.45, 7) is 3.53. The molecule has 1 saturated heterocycles. The molecule has 0 aliphatic carbocycles. The van der Waals surface area contributed by atoms with Crippen LogP contribution in [0.1, 0.15) is 17.4 Å². The lowest BCUT2D eigenvalue weighted by atomic mass is 10.2. The fourth-order valence-corrected chi connectivity index (χ4v) is 4.28. The van der Waals surface area contributed by atoms with E-state index in [0.717, 1.165) is 5.39 Å². The van der Waals surface area contributed by atoms with Crippen LogP contribution < -0.4 is 10.1 Å². The number of methoxy groups -OCH3 is 1. The normalized spacial score (nSPS) is 16.7. The van der Waals surface area contributed by atoms with Gasteiger partial charge >= 0.3 is 0 Å². The lowest BCUT2D eigenvalue weighted by Gasteiger charge is -2.33. The van der Waals surface area contributed by atoms with Crippen molar-refractivity contribution >= 4 is 55.4 Å². The number of halogens is 1. The Balaban J connectivity index is 1.56. The molecule has 12 heteroatoms. The molecule has 0 aromatic carbocycles. The second-order valence-electron chi connectivity index (χ2n) is 7.16. The van der Waals surface area contributed by atoms with E-state index in [1.54, 1.807) is 11.1 Å². The highest BCUT2D eigenvalue weighted by Gasteiger charge is 2.29. The molecular formula is C19H19BrN8O3. The SMILES string of the molecule is COc1nc2[nH]ncc2cc1Nc1ncnc2[nH]c(C(=O)N3CCOC[C@@H]3C)c(Br)c12. The minimum Gasteiger partial charge on any atom is -0.479 e. The molecule has 1 fully saturated rings. The third kappa shape index (κ3) is 3.37. The fourth-order valence-electron chi connectivity index (χ4n) is 3.64. The number of amides is 1. The number of nitrogens with zero attached hydrogens (tertiary/aromatic N) is 5. The first-order valence-corrected chi connectivity index (χ1v) is 10.4. The Labute approximate surface area is 184 Å². The molecule has 4 aromatic heterocycles. The molecule has 0 spiro atoms. The van der Waals surface area contributed by atoms with Crippen molar-refractivity contribution in [1.29, 1.82) is 0 Å². The van der Waals surface area contributed by atoms with Crippen molar-refractivity contribution in [3.8, 4) is 5.88 Å². The number of aromatic nitrogens is 6. The number of nitrogens with one attached hydrogen (secondary N) is 3. The lowest BCUT2D eigenvalue weighted by Crippen LogP contribution is -2.47. The van der Waals surface area contributed by atoms with Crippen molar-refractivity contribution in [2.45, 2.75) is 13.0 Å². The zero-order valence-corrected chi connectivity index (χ0v) is 18.4. The summed E-state index contributed by atoms with van der Waals surface area (Å²) in [6.07, 6.45) is 3.10. The van der Waals surface area contributed by atoms with Crippen molar-refractivity contribution in [3.05, 3.63) is 28.8 Å². The quantitative estimate of drug-likeness (QED) is 0.400. The van der Waals surface area contributed by atoms with Gasteiger partial charge in [0, 0.05) is 11.9 Å². The van der Waals surface area contributed by atoms with Crippen molar-refractivity contribution < 1.29 is 14.3 Å². The van der Waals surface area contributed by atoms with Gasteiger partial charge in [-0.25, -0.2) is 9.97 Å². The van der Waals surface area contributed by atoms with E-state index < -0.39 is 0 Å². The number of morpholine rings is 1. The zero-order valence-electron chi connectivity index (χ0n) is 16.8. The Bertz CT molecular complexity index is 1290. The van der Waals surface area contributed by atoms with Crippen molar-refractivity contribution in [2.75, 3.05) is 32.2 Å². The van der Waals surface area contributed by atoms with Gasteiger partial charge in [0.2, 0.25) is 5.88 Å². The Morgan fingerprint density at radius 3 is 3.06 bits per heavy atom. The van der Waals surface area contributed by atoms with Gasteiger partial charge in [0.15, 0.2) is 5.65 Å². The standard InChI is InChI=1S/C19H19BrN8O3/c1-9-7-31-4-3-28(9)19(29)14-13(20)12-16(21-8-22-17(12)25-14)24-11-5-10-6-23-27-15(10)26-18(11)30-2/h5-6,8-9H,3-4,7H2,1-2H3,(H,23,26,27)(H2,21,22,24,25)/t9-/m0/s1. The van der Waals surface area contributed by atoms with Crippen LogP contribution in [0.2, 0.25) is 0 Å². The number of hydrogen-bond donors (Lipinski definition) is 3. The monoisotopic (exact) mass is 486 g/mol. The van der Waals surface area contributed by atoms with Crippen LogP contribution in [0.5, 0.6) is 5.88 Å². The smallest absolute Gasteiger partial charge is 0.271 e. The summed E-state index contributed by atoms with van der Waals surface area (Å²) < 4.78 is 11.5. The van der Waals surface area contributed by atoms with E-state index in [2.05, 4.69) is 51.4 Å². The summed E-state index contributed by atoms with van der Waals surface area (Å²) in [5, 5.41) is 11.5. The molecule has 11 nitrogen and oxygen atoms in total. The van der Waals surface area contributed by atoms with Crippen LogP contribution in [0.25, 0.3) is 22.1 Å². The van der Waals surface area contributed by atoms with Crippen LogP contribution in [0, 0.1) is 0 Å². The summed E-state index contributed by atoms with van der Waals surface area (Å²) in [4.78, 5) is 31.2. The van der Waals surface area contributed by atoms with E-state index in [0.29, 0.717) is 64.0 Å². The molecule has 0 radical (unpaired) electrons. The van der Waals surface area contributed by atoms with Crippen LogP contribution in [0.3, 0.4) is 0 Å². The summed E-state index contributed by atoms with van der Waals surface area (Å²) in [7, 11) is 1.54. The van der Waals surface area contributed by atoms with Gasteiger partial charge in [0.05, 0.1) is 42.4 Å². The van der Waals surface area contributed by atoms with Crippen LogP contribution in [0.4, 0.5) is 11.5 Å². The van der Waals surface area contributed by atoms with E-state index in [-0.39, 0.29) is 11.9 Å². The first-order valence-electron chi connectivity index (χ1n) is 9.63. The summed E-state index contributed by atoms with van der Waals surface area (Å²) >= 11 is 3.58.